The maximum absolute atomic E-state index is 13.5. The Balaban J connectivity index is 1.61. The number of carbonyl (C=O) groups is 1. The van der Waals surface area contributed by atoms with Gasteiger partial charge in [0.05, 0.1) is 23.9 Å². The fourth-order valence-corrected chi connectivity index (χ4v) is 5.63. The highest BCUT2D eigenvalue weighted by Gasteiger charge is 2.25. The lowest BCUT2D eigenvalue weighted by Gasteiger charge is -2.13. The van der Waals surface area contributed by atoms with Crippen LogP contribution in [0.15, 0.2) is 56.7 Å². The van der Waals surface area contributed by atoms with Crippen molar-refractivity contribution in [2.24, 2.45) is 0 Å². The van der Waals surface area contributed by atoms with E-state index in [1.54, 1.807) is 30.5 Å². The van der Waals surface area contributed by atoms with Gasteiger partial charge in [0, 0.05) is 4.88 Å². The summed E-state index contributed by atoms with van der Waals surface area (Å²) >= 11 is 1.46. The van der Waals surface area contributed by atoms with Crippen molar-refractivity contribution >= 4 is 27.5 Å². The number of nitrogens with zero attached hydrogens (tertiary/aromatic N) is 2. The van der Waals surface area contributed by atoms with Crippen molar-refractivity contribution in [2.45, 2.75) is 45.7 Å². The number of amides is 1. The topological polar surface area (TPSA) is 86.2 Å². The van der Waals surface area contributed by atoms with E-state index in [1.807, 2.05) is 12.1 Å². The third-order valence-corrected chi connectivity index (χ3v) is 7.25. The van der Waals surface area contributed by atoms with Crippen molar-refractivity contribution in [2.75, 3.05) is 0 Å². The third kappa shape index (κ3) is 3.50. The molecule has 0 saturated heterocycles. The number of carbonyl (C=O) groups excluding carboxylic acids is 1. The maximum Gasteiger partial charge on any atom is 0.337 e. The summed E-state index contributed by atoms with van der Waals surface area (Å²) in [5, 5.41) is 3.36. The van der Waals surface area contributed by atoms with E-state index in [0.29, 0.717) is 21.7 Å². The van der Waals surface area contributed by atoms with Gasteiger partial charge in [0.25, 0.3) is 5.56 Å². The first kappa shape index (κ1) is 20.5. The van der Waals surface area contributed by atoms with Gasteiger partial charge in [-0.05, 0) is 61.1 Å². The van der Waals surface area contributed by atoms with E-state index in [0.717, 1.165) is 41.7 Å². The number of hydrogen-bond donors (Lipinski definition) is 1. The van der Waals surface area contributed by atoms with Crippen LogP contribution in [0.4, 0.5) is 0 Å². The van der Waals surface area contributed by atoms with Gasteiger partial charge in [-0.1, -0.05) is 19.1 Å². The normalized spacial score (nSPS) is 12.9. The third-order valence-electron chi connectivity index (χ3n) is 5.93. The largest absolute Gasteiger partial charge is 0.467 e. The number of benzene rings is 1. The van der Waals surface area contributed by atoms with Gasteiger partial charge < -0.3 is 9.73 Å². The number of rotatable bonds is 6. The molecule has 1 N–H and O–H groups in total. The summed E-state index contributed by atoms with van der Waals surface area (Å²) in [6.45, 7) is 2.13. The molecule has 3 aromatic heterocycles. The van der Waals surface area contributed by atoms with Gasteiger partial charge in [-0.15, -0.1) is 11.3 Å². The molecule has 0 fully saturated rings. The van der Waals surface area contributed by atoms with E-state index in [4.69, 9.17) is 4.42 Å². The molecule has 5 rings (SSSR count). The molecule has 0 spiro atoms. The lowest BCUT2D eigenvalue weighted by atomic mass is 10.1. The lowest BCUT2D eigenvalue weighted by Crippen LogP contribution is -2.41. The quantitative estimate of drug-likeness (QED) is 0.490. The van der Waals surface area contributed by atoms with Gasteiger partial charge in [-0.2, -0.15) is 0 Å². The van der Waals surface area contributed by atoms with Crippen LogP contribution in [0.1, 0.15) is 35.1 Å². The summed E-state index contributed by atoms with van der Waals surface area (Å²) in [5.41, 5.74) is 1.86. The molecule has 1 amide bonds. The predicted octanol–water partition coefficient (Wildman–Crippen LogP) is 3.17. The Kier molecular flexibility index (Phi) is 5.30. The molecular weight excluding hydrogens is 426 g/mol. The van der Waals surface area contributed by atoms with Crippen LogP contribution in [0, 0.1) is 0 Å². The summed E-state index contributed by atoms with van der Waals surface area (Å²) in [6, 6.07) is 11.0. The molecule has 3 heterocycles. The minimum Gasteiger partial charge on any atom is -0.467 e. The molecule has 0 aliphatic heterocycles. The van der Waals surface area contributed by atoms with E-state index in [9.17, 15) is 14.4 Å². The van der Waals surface area contributed by atoms with Crippen LogP contribution < -0.4 is 16.6 Å². The molecule has 0 bridgehead atoms. The van der Waals surface area contributed by atoms with Gasteiger partial charge in [0.1, 0.15) is 17.1 Å². The molecule has 0 unspecified atom stereocenters. The second kappa shape index (κ2) is 8.27. The molecule has 0 radical (unpaired) electrons. The molecular formula is C24H23N3O4S. The average molecular weight is 450 g/mol. The number of hydrogen-bond acceptors (Lipinski definition) is 5. The van der Waals surface area contributed by atoms with Crippen LogP contribution in [0.2, 0.25) is 0 Å². The fourth-order valence-electron chi connectivity index (χ4n) is 4.25. The van der Waals surface area contributed by atoms with Crippen molar-refractivity contribution in [3.05, 3.63) is 85.3 Å². The smallest absolute Gasteiger partial charge is 0.337 e. The number of nitrogens with one attached hydrogen (secondary N) is 1. The molecule has 0 saturated carbocycles. The Hall–Kier alpha value is -3.39. The number of fused-ring (bicyclic) bond motifs is 3. The Morgan fingerprint density at radius 1 is 1.16 bits per heavy atom. The Morgan fingerprint density at radius 2 is 1.97 bits per heavy atom. The molecule has 32 heavy (non-hydrogen) atoms. The van der Waals surface area contributed by atoms with Crippen LogP contribution in [-0.4, -0.2) is 15.0 Å². The molecule has 8 heteroatoms. The van der Waals surface area contributed by atoms with E-state index in [1.165, 1.54) is 20.5 Å². The zero-order chi connectivity index (χ0) is 22.2. The van der Waals surface area contributed by atoms with Crippen molar-refractivity contribution in [1.82, 2.24) is 14.5 Å². The summed E-state index contributed by atoms with van der Waals surface area (Å²) in [5.74, 6) is 0.316. The monoisotopic (exact) mass is 449 g/mol. The number of thiophene rings is 1. The standard InChI is InChI=1S/C24H23N3O4S/c1-2-15-8-10-16(11-9-15)27-22(29)21-18-6-3-7-19(18)32-23(21)26(24(27)30)14-20(28)25-13-17-5-4-12-31-17/h4-5,8-12H,2-3,6-7,13-14H2,1H3,(H,25,28). The Bertz CT molecular complexity index is 1410. The van der Waals surface area contributed by atoms with Crippen molar-refractivity contribution in [3.8, 4) is 5.69 Å². The average Bonchev–Trinajstić information content (AvgIpc) is 3.53. The van der Waals surface area contributed by atoms with Crippen LogP contribution in [0.5, 0.6) is 0 Å². The Morgan fingerprint density at radius 3 is 2.69 bits per heavy atom. The SMILES string of the molecule is CCc1ccc(-n2c(=O)c3c4c(sc3n(CC(=O)NCc3ccco3)c2=O)CCC4)cc1. The van der Waals surface area contributed by atoms with E-state index < -0.39 is 5.69 Å². The van der Waals surface area contributed by atoms with Gasteiger partial charge in [-0.25, -0.2) is 9.36 Å². The highest BCUT2D eigenvalue weighted by molar-refractivity contribution is 7.19. The molecule has 164 valence electrons. The fraction of sp³-hybridized carbons (Fsp3) is 0.292. The second-order valence-electron chi connectivity index (χ2n) is 7.92. The molecule has 1 aliphatic carbocycles. The molecule has 4 aromatic rings. The summed E-state index contributed by atoms with van der Waals surface area (Å²) in [7, 11) is 0. The summed E-state index contributed by atoms with van der Waals surface area (Å²) in [6.07, 6.45) is 5.14. The molecule has 7 nitrogen and oxygen atoms in total. The van der Waals surface area contributed by atoms with E-state index >= 15 is 0 Å². The lowest BCUT2D eigenvalue weighted by molar-refractivity contribution is -0.121. The van der Waals surface area contributed by atoms with Crippen LogP contribution >= 0.6 is 11.3 Å². The van der Waals surface area contributed by atoms with Gasteiger partial charge in [0.15, 0.2) is 0 Å². The Labute approximate surface area is 187 Å². The number of aryl methyl sites for hydroxylation is 3. The van der Waals surface area contributed by atoms with Crippen LogP contribution in [0.25, 0.3) is 15.9 Å². The van der Waals surface area contributed by atoms with Crippen molar-refractivity contribution in [1.29, 1.82) is 0 Å². The molecule has 1 aliphatic rings. The van der Waals surface area contributed by atoms with Gasteiger partial charge in [0.2, 0.25) is 5.91 Å². The first-order valence-electron chi connectivity index (χ1n) is 10.7. The zero-order valence-corrected chi connectivity index (χ0v) is 18.5. The van der Waals surface area contributed by atoms with Gasteiger partial charge >= 0.3 is 5.69 Å². The van der Waals surface area contributed by atoms with E-state index in [2.05, 4.69) is 12.2 Å². The molecule has 0 atom stereocenters. The first-order chi connectivity index (χ1) is 15.6. The zero-order valence-electron chi connectivity index (χ0n) is 17.7. The van der Waals surface area contributed by atoms with Crippen molar-refractivity contribution < 1.29 is 9.21 Å². The minimum atomic E-state index is -0.500. The second-order valence-corrected chi connectivity index (χ2v) is 9.01. The van der Waals surface area contributed by atoms with Crippen molar-refractivity contribution in [3.63, 3.8) is 0 Å². The van der Waals surface area contributed by atoms with Crippen LogP contribution in [0.3, 0.4) is 0 Å². The van der Waals surface area contributed by atoms with Gasteiger partial charge in [-0.3, -0.25) is 14.2 Å². The summed E-state index contributed by atoms with van der Waals surface area (Å²) < 4.78 is 7.89. The highest BCUT2D eigenvalue weighted by Crippen LogP contribution is 2.35. The van der Waals surface area contributed by atoms with E-state index in [-0.39, 0.29) is 24.6 Å². The molecule has 1 aromatic carbocycles. The van der Waals surface area contributed by atoms with Crippen LogP contribution in [-0.2, 0) is 37.1 Å². The number of aromatic nitrogens is 2. The summed E-state index contributed by atoms with van der Waals surface area (Å²) in [4.78, 5) is 41.4. The number of furan rings is 1. The highest BCUT2D eigenvalue weighted by atomic mass is 32.1. The predicted molar refractivity (Wildman–Crippen MR) is 124 cm³/mol. The maximum atomic E-state index is 13.5. The first-order valence-corrected chi connectivity index (χ1v) is 11.6. The minimum absolute atomic E-state index is 0.164.